The van der Waals surface area contributed by atoms with Crippen LogP contribution in [0.4, 0.5) is 0 Å². The van der Waals surface area contributed by atoms with Crippen LogP contribution in [0.25, 0.3) is 0 Å². The van der Waals surface area contributed by atoms with E-state index in [-0.39, 0.29) is 0 Å². The summed E-state index contributed by atoms with van der Waals surface area (Å²) in [5.74, 6) is 7.13. The third-order valence-electron chi connectivity index (χ3n) is 10.6. The van der Waals surface area contributed by atoms with Crippen LogP contribution in [-0.2, 0) is 11.3 Å². The lowest BCUT2D eigenvalue weighted by molar-refractivity contribution is -0.0786. The number of nitriles is 1. The lowest BCUT2D eigenvalue weighted by Gasteiger charge is -2.57. The molecule has 4 heteroatoms. The Labute approximate surface area is 195 Å². The third kappa shape index (κ3) is 3.93. The summed E-state index contributed by atoms with van der Waals surface area (Å²) in [6, 6.07) is 4.02. The van der Waals surface area contributed by atoms with Crippen LogP contribution in [0, 0.1) is 64.1 Å². The molecule has 4 nitrogen and oxygen atoms in total. The summed E-state index contributed by atoms with van der Waals surface area (Å²) in [5, 5.41) is 13.6. The van der Waals surface area contributed by atoms with Crippen molar-refractivity contribution in [3.05, 3.63) is 18.0 Å². The Hall–Kier alpha value is -1.34. The van der Waals surface area contributed by atoms with E-state index in [2.05, 4.69) is 31.9 Å². The summed E-state index contributed by atoms with van der Waals surface area (Å²) < 4.78 is 7.80. The number of hydrogen-bond donors (Lipinski definition) is 0. The van der Waals surface area contributed by atoms with Gasteiger partial charge in [-0.2, -0.15) is 10.4 Å². The first kappa shape index (κ1) is 22.5. The first-order valence-electron chi connectivity index (χ1n) is 13.5. The Morgan fingerprint density at radius 1 is 1.16 bits per heavy atom. The summed E-state index contributed by atoms with van der Waals surface area (Å²) in [7, 11) is 0. The first-order chi connectivity index (χ1) is 15.5. The second-order valence-electron chi connectivity index (χ2n) is 12.0. The van der Waals surface area contributed by atoms with Crippen LogP contribution in [0.5, 0.6) is 0 Å². The van der Waals surface area contributed by atoms with Gasteiger partial charge in [0, 0.05) is 26.0 Å². The van der Waals surface area contributed by atoms with E-state index in [4.69, 9.17) is 10.00 Å². The van der Waals surface area contributed by atoms with Crippen molar-refractivity contribution in [2.45, 2.75) is 85.1 Å². The largest absolute Gasteiger partial charge is 0.381 e. The highest BCUT2D eigenvalue weighted by molar-refractivity contribution is 5.16. The molecule has 0 aliphatic heterocycles. The molecule has 0 N–H and O–H groups in total. The molecule has 5 rings (SSSR count). The van der Waals surface area contributed by atoms with Gasteiger partial charge in [0.15, 0.2) is 5.69 Å². The monoisotopic (exact) mass is 437 g/mol. The molecular formula is C28H43N3O. The van der Waals surface area contributed by atoms with Gasteiger partial charge in [-0.05, 0) is 124 Å². The maximum absolute atomic E-state index is 9.10. The molecule has 0 aromatic carbocycles. The fourth-order valence-corrected chi connectivity index (χ4v) is 9.31. The van der Waals surface area contributed by atoms with Crippen LogP contribution >= 0.6 is 0 Å². The van der Waals surface area contributed by atoms with Crippen LogP contribution in [0.3, 0.4) is 0 Å². The number of nitrogens with zero attached hydrogens (tertiary/aromatic N) is 3. The van der Waals surface area contributed by atoms with E-state index < -0.39 is 0 Å². The van der Waals surface area contributed by atoms with Crippen molar-refractivity contribution in [2.75, 3.05) is 13.2 Å². The molecule has 4 aliphatic carbocycles. The maximum Gasteiger partial charge on any atom is 0.162 e. The van der Waals surface area contributed by atoms with Gasteiger partial charge in [-0.3, -0.25) is 4.68 Å². The molecule has 32 heavy (non-hydrogen) atoms. The fourth-order valence-electron chi connectivity index (χ4n) is 9.31. The lowest BCUT2D eigenvalue weighted by atomic mass is 9.49. The van der Waals surface area contributed by atoms with Crippen LogP contribution in [0.1, 0.15) is 84.3 Å². The minimum absolute atomic E-state index is 0.505. The van der Waals surface area contributed by atoms with Gasteiger partial charge in [-0.25, -0.2) is 0 Å². The first-order valence-corrected chi connectivity index (χ1v) is 13.5. The Bertz CT molecular complexity index is 827. The molecule has 0 bridgehead atoms. The predicted octanol–water partition coefficient (Wildman–Crippen LogP) is 6.31. The van der Waals surface area contributed by atoms with Gasteiger partial charge in [0.2, 0.25) is 0 Å². The second kappa shape index (κ2) is 9.13. The number of hydrogen-bond acceptors (Lipinski definition) is 3. The molecule has 9 atom stereocenters. The summed E-state index contributed by atoms with van der Waals surface area (Å²) in [5.41, 5.74) is 1.05. The Morgan fingerprint density at radius 2 is 2.00 bits per heavy atom. The van der Waals surface area contributed by atoms with Crippen molar-refractivity contribution in [1.29, 1.82) is 5.26 Å². The number of ether oxygens (including phenoxy) is 1. The molecule has 176 valence electrons. The Kier molecular flexibility index (Phi) is 6.41. The average Bonchev–Trinajstić information content (AvgIpc) is 3.40. The lowest BCUT2D eigenvalue weighted by Crippen LogP contribution is -2.49. The van der Waals surface area contributed by atoms with E-state index >= 15 is 0 Å². The molecule has 4 unspecified atom stereocenters. The van der Waals surface area contributed by atoms with Crippen LogP contribution in [0.15, 0.2) is 12.3 Å². The highest BCUT2D eigenvalue weighted by atomic mass is 16.5. The molecule has 1 aromatic rings. The maximum atomic E-state index is 9.10. The quantitative estimate of drug-likeness (QED) is 0.524. The number of fused-ring (bicyclic) bond motifs is 5. The predicted molar refractivity (Wildman–Crippen MR) is 127 cm³/mol. The topological polar surface area (TPSA) is 50.8 Å². The summed E-state index contributed by atoms with van der Waals surface area (Å²) in [6.45, 7) is 10.0. The van der Waals surface area contributed by atoms with Crippen LogP contribution < -0.4 is 0 Å². The van der Waals surface area contributed by atoms with Crippen molar-refractivity contribution >= 4 is 0 Å². The van der Waals surface area contributed by atoms with Crippen molar-refractivity contribution in [3.8, 4) is 6.07 Å². The standard InChI is InChI=1S/C28H43N3O/c1-4-32-18-20-5-7-23-21(15-20)6-8-25-24(23)11-13-28(3)26(9-10-27(25)28)19(2)17-31-14-12-22(16-29)30-31/h12,14,19-21,23-27H,4-11,13,15,17-18H2,1-3H3/t19-,20+,21?,23+,24?,25-,26?,27?,28-/m1/s1. The molecule has 0 radical (unpaired) electrons. The second-order valence-corrected chi connectivity index (χ2v) is 12.0. The Morgan fingerprint density at radius 3 is 2.78 bits per heavy atom. The van der Waals surface area contributed by atoms with E-state index in [1.807, 2.05) is 16.9 Å². The van der Waals surface area contributed by atoms with Crippen molar-refractivity contribution in [3.63, 3.8) is 0 Å². The zero-order valence-corrected chi connectivity index (χ0v) is 20.5. The van der Waals surface area contributed by atoms with Crippen LogP contribution in [0.2, 0.25) is 0 Å². The van der Waals surface area contributed by atoms with Gasteiger partial charge in [0.05, 0.1) is 0 Å². The van der Waals surface area contributed by atoms with E-state index in [1.165, 1.54) is 57.8 Å². The van der Waals surface area contributed by atoms with Crippen molar-refractivity contribution < 1.29 is 4.74 Å². The molecule has 4 saturated carbocycles. The van der Waals surface area contributed by atoms with Gasteiger partial charge in [-0.15, -0.1) is 0 Å². The SMILES string of the molecule is CCOC[C@H]1CC[C@H]2C(CC[C@@H]3C2CC[C@@]2(C)C3CCC2[C@H](C)Cn2ccc(C#N)n2)C1. The number of aromatic nitrogens is 2. The van der Waals surface area contributed by atoms with Gasteiger partial charge in [0.1, 0.15) is 6.07 Å². The van der Waals surface area contributed by atoms with Crippen LogP contribution in [-0.4, -0.2) is 23.0 Å². The van der Waals surface area contributed by atoms with E-state index in [0.29, 0.717) is 17.0 Å². The van der Waals surface area contributed by atoms with Gasteiger partial charge in [0.25, 0.3) is 0 Å². The molecule has 0 saturated heterocycles. The van der Waals surface area contributed by atoms with E-state index in [9.17, 15) is 0 Å². The van der Waals surface area contributed by atoms with Crippen molar-refractivity contribution in [1.82, 2.24) is 9.78 Å². The van der Waals surface area contributed by atoms with Gasteiger partial charge >= 0.3 is 0 Å². The van der Waals surface area contributed by atoms with Gasteiger partial charge < -0.3 is 4.74 Å². The molecule has 1 heterocycles. The zero-order valence-electron chi connectivity index (χ0n) is 20.5. The normalized spacial score (nSPS) is 41.9. The minimum Gasteiger partial charge on any atom is -0.381 e. The van der Waals surface area contributed by atoms with E-state index in [1.54, 1.807) is 0 Å². The summed E-state index contributed by atoms with van der Waals surface area (Å²) in [6.07, 6.45) is 15.0. The summed E-state index contributed by atoms with van der Waals surface area (Å²) >= 11 is 0. The van der Waals surface area contributed by atoms with Crippen molar-refractivity contribution in [2.24, 2.45) is 52.8 Å². The smallest absolute Gasteiger partial charge is 0.162 e. The molecule has 0 amide bonds. The molecular weight excluding hydrogens is 394 g/mol. The molecule has 0 spiro atoms. The summed E-state index contributed by atoms with van der Waals surface area (Å²) in [4.78, 5) is 0. The molecule has 4 fully saturated rings. The average molecular weight is 438 g/mol. The van der Waals surface area contributed by atoms with E-state index in [0.717, 1.165) is 61.2 Å². The number of rotatable bonds is 6. The molecule has 1 aromatic heterocycles. The molecule has 4 aliphatic rings. The highest BCUT2D eigenvalue weighted by Gasteiger charge is 2.57. The third-order valence-corrected chi connectivity index (χ3v) is 10.6. The highest BCUT2D eigenvalue weighted by Crippen LogP contribution is 2.65. The fraction of sp³-hybridized carbons (Fsp3) is 0.857. The van der Waals surface area contributed by atoms with Gasteiger partial charge in [-0.1, -0.05) is 13.8 Å². The minimum atomic E-state index is 0.505. The zero-order chi connectivity index (χ0) is 22.3. The Balaban J connectivity index is 1.24.